The molecule has 0 spiro atoms. The molecule has 0 bridgehead atoms. The van der Waals surface area contributed by atoms with Gasteiger partial charge in [-0.3, -0.25) is 19.1 Å². The second kappa shape index (κ2) is 7.31. The Bertz CT molecular complexity index is 916. The van der Waals surface area contributed by atoms with E-state index in [2.05, 4.69) is 10.3 Å². The summed E-state index contributed by atoms with van der Waals surface area (Å²) < 4.78 is 6.10. The number of hydrogen-bond acceptors (Lipinski definition) is 5. The summed E-state index contributed by atoms with van der Waals surface area (Å²) in [5.41, 5.74) is -2.29. The van der Waals surface area contributed by atoms with E-state index in [4.69, 9.17) is 4.74 Å². The molecule has 0 saturated carbocycles. The van der Waals surface area contributed by atoms with Crippen molar-refractivity contribution in [3.63, 3.8) is 0 Å². The first-order chi connectivity index (χ1) is 11.8. The number of amides is 1. The number of nitrogens with zero attached hydrogens (tertiary/aromatic N) is 1. The van der Waals surface area contributed by atoms with Gasteiger partial charge in [0.2, 0.25) is 5.91 Å². The van der Waals surface area contributed by atoms with Crippen molar-refractivity contribution in [2.75, 3.05) is 13.7 Å². The molecule has 134 valence electrons. The van der Waals surface area contributed by atoms with Gasteiger partial charge in [-0.05, 0) is 19.1 Å². The number of H-pyrrole nitrogens is 1. The summed E-state index contributed by atoms with van der Waals surface area (Å²) in [5, 5.41) is 11.9. The standard InChI is InChI=1S/C16H19N3O6/c1-16(9-25-2,14(22)23)18-12(20)7-8-19-11-6-4-3-5-10(11)13(21)17-15(19)24/h3-6H,7-9H2,1-2H3,(H,18,20)(H,22,23)(H,17,21,24). The molecule has 0 aliphatic carbocycles. The fraction of sp³-hybridized carbons (Fsp3) is 0.375. The Hall–Kier alpha value is -2.94. The molecule has 3 N–H and O–H groups in total. The van der Waals surface area contributed by atoms with Gasteiger partial charge in [-0.2, -0.15) is 0 Å². The number of fused-ring (bicyclic) bond motifs is 1. The van der Waals surface area contributed by atoms with Gasteiger partial charge in [0.15, 0.2) is 5.54 Å². The van der Waals surface area contributed by atoms with Gasteiger partial charge in [-0.15, -0.1) is 0 Å². The first-order valence-electron chi connectivity index (χ1n) is 7.53. The Labute approximate surface area is 142 Å². The maximum Gasteiger partial charge on any atom is 0.331 e. The molecule has 0 aliphatic rings. The van der Waals surface area contributed by atoms with Crippen molar-refractivity contribution in [3.8, 4) is 0 Å². The number of aryl methyl sites for hydroxylation is 1. The lowest BCUT2D eigenvalue weighted by Crippen LogP contribution is -2.55. The lowest BCUT2D eigenvalue weighted by Gasteiger charge is -2.25. The summed E-state index contributed by atoms with van der Waals surface area (Å²) in [6, 6.07) is 6.53. The summed E-state index contributed by atoms with van der Waals surface area (Å²) in [6.45, 7) is 1.12. The first-order valence-corrected chi connectivity index (χ1v) is 7.53. The average molecular weight is 349 g/mol. The minimum absolute atomic E-state index is 0.00928. The zero-order chi connectivity index (χ0) is 18.6. The fourth-order valence-electron chi connectivity index (χ4n) is 2.49. The van der Waals surface area contributed by atoms with Crippen molar-refractivity contribution in [3.05, 3.63) is 45.1 Å². The Morgan fingerprint density at radius 2 is 2.00 bits per heavy atom. The molecule has 2 aromatic rings. The number of aliphatic carboxylic acids is 1. The van der Waals surface area contributed by atoms with E-state index >= 15 is 0 Å². The Morgan fingerprint density at radius 3 is 2.64 bits per heavy atom. The summed E-state index contributed by atoms with van der Waals surface area (Å²) in [7, 11) is 1.33. The highest BCUT2D eigenvalue weighted by atomic mass is 16.5. The van der Waals surface area contributed by atoms with E-state index in [1.165, 1.54) is 18.6 Å². The van der Waals surface area contributed by atoms with Gasteiger partial charge in [-0.25, -0.2) is 9.59 Å². The van der Waals surface area contributed by atoms with Gasteiger partial charge in [0, 0.05) is 20.1 Å². The van der Waals surface area contributed by atoms with Gasteiger partial charge < -0.3 is 15.2 Å². The zero-order valence-corrected chi connectivity index (χ0v) is 13.9. The largest absolute Gasteiger partial charge is 0.479 e. The van der Waals surface area contributed by atoms with Gasteiger partial charge in [0.25, 0.3) is 5.56 Å². The number of carboxylic acid groups (broad SMARTS) is 1. The van der Waals surface area contributed by atoms with Crippen molar-refractivity contribution in [1.82, 2.24) is 14.9 Å². The van der Waals surface area contributed by atoms with Gasteiger partial charge >= 0.3 is 11.7 Å². The van der Waals surface area contributed by atoms with Crippen LogP contribution in [0.15, 0.2) is 33.9 Å². The van der Waals surface area contributed by atoms with E-state index in [1.54, 1.807) is 24.3 Å². The molecule has 0 radical (unpaired) electrons. The third-order valence-electron chi connectivity index (χ3n) is 3.79. The van der Waals surface area contributed by atoms with Crippen molar-refractivity contribution in [2.24, 2.45) is 0 Å². The van der Waals surface area contributed by atoms with E-state index in [0.29, 0.717) is 10.9 Å². The number of aromatic nitrogens is 2. The predicted molar refractivity (Wildman–Crippen MR) is 89.5 cm³/mol. The van der Waals surface area contributed by atoms with E-state index in [9.17, 15) is 24.3 Å². The van der Waals surface area contributed by atoms with Gasteiger partial charge in [-0.1, -0.05) is 12.1 Å². The van der Waals surface area contributed by atoms with Gasteiger partial charge in [0.05, 0.1) is 17.5 Å². The Balaban J connectivity index is 2.21. The minimum Gasteiger partial charge on any atom is -0.479 e. The summed E-state index contributed by atoms with van der Waals surface area (Å²) in [5.74, 6) is -1.78. The van der Waals surface area contributed by atoms with Crippen LogP contribution in [0.4, 0.5) is 0 Å². The highest BCUT2D eigenvalue weighted by Crippen LogP contribution is 2.08. The third-order valence-corrected chi connectivity index (χ3v) is 3.79. The lowest BCUT2D eigenvalue weighted by molar-refractivity contribution is -0.149. The number of carbonyl (C=O) groups excluding carboxylic acids is 1. The molecule has 1 amide bonds. The van der Waals surface area contributed by atoms with Crippen molar-refractivity contribution >= 4 is 22.8 Å². The molecular formula is C16H19N3O6. The normalized spacial score (nSPS) is 13.4. The van der Waals surface area contributed by atoms with Gasteiger partial charge in [0.1, 0.15) is 0 Å². The van der Waals surface area contributed by atoms with Crippen LogP contribution in [0.1, 0.15) is 13.3 Å². The minimum atomic E-state index is -1.57. The Morgan fingerprint density at radius 1 is 1.32 bits per heavy atom. The van der Waals surface area contributed by atoms with Crippen LogP contribution in [0.5, 0.6) is 0 Å². The smallest absolute Gasteiger partial charge is 0.331 e. The van der Waals surface area contributed by atoms with E-state index in [0.717, 1.165) is 0 Å². The quantitative estimate of drug-likeness (QED) is 0.628. The highest BCUT2D eigenvalue weighted by Gasteiger charge is 2.34. The topological polar surface area (TPSA) is 130 Å². The number of methoxy groups -OCH3 is 1. The molecule has 1 aromatic heterocycles. The number of ether oxygens (including phenoxy) is 1. The molecule has 9 nitrogen and oxygen atoms in total. The number of nitrogens with one attached hydrogen (secondary N) is 2. The van der Waals surface area contributed by atoms with Crippen molar-refractivity contribution < 1.29 is 19.4 Å². The number of benzene rings is 1. The Kier molecular flexibility index (Phi) is 5.38. The molecule has 1 aromatic carbocycles. The maximum absolute atomic E-state index is 12.1. The van der Waals surface area contributed by atoms with Crippen LogP contribution < -0.4 is 16.6 Å². The molecule has 1 atom stereocenters. The average Bonchev–Trinajstić information content (AvgIpc) is 2.54. The third kappa shape index (κ3) is 3.94. The van der Waals surface area contributed by atoms with Crippen molar-refractivity contribution in [2.45, 2.75) is 25.4 Å². The van der Waals surface area contributed by atoms with E-state index < -0.39 is 28.7 Å². The number of hydrogen-bond donors (Lipinski definition) is 3. The summed E-state index contributed by atoms with van der Waals surface area (Å²) >= 11 is 0. The second-order valence-electron chi connectivity index (χ2n) is 5.80. The molecule has 9 heteroatoms. The fourth-order valence-corrected chi connectivity index (χ4v) is 2.49. The van der Waals surface area contributed by atoms with Crippen LogP contribution >= 0.6 is 0 Å². The SMILES string of the molecule is COCC(C)(NC(=O)CCn1c(=O)[nH]c(=O)c2ccccc21)C(=O)O. The molecule has 0 aliphatic heterocycles. The zero-order valence-electron chi connectivity index (χ0n) is 13.9. The van der Waals surface area contributed by atoms with E-state index in [1.807, 2.05) is 0 Å². The molecule has 25 heavy (non-hydrogen) atoms. The van der Waals surface area contributed by atoms with Crippen LogP contribution in [0.3, 0.4) is 0 Å². The molecule has 0 fully saturated rings. The molecule has 1 unspecified atom stereocenters. The van der Waals surface area contributed by atoms with Crippen molar-refractivity contribution in [1.29, 1.82) is 0 Å². The van der Waals surface area contributed by atoms with Crippen LogP contribution in [-0.2, 0) is 20.9 Å². The maximum atomic E-state index is 12.1. The molecule has 1 heterocycles. The second-order valence-corrected chi connectivity index (χ2v) is 5.80. The molecule has 2 rings (SSSR count). The summed E-state index contributed by atoms with van der Waals surface area (Å²) in [4.78, 5) is 49.4. The summed E-state index contributed by atoms with van der Waals surface area (Å²) in [6.07, 6.45) is -0.136. The van der Waals surface area contributed by atoms with Crippen LogP contribution in [0.25, 0.3) is 10.9 Å². The number of rotatable bonds is 7. The van der Waals surface area contributed by atoms with E-state index in [-0.39, 0.29) is 19.6 Å². The predicted octanol–water partition coefficient (Wildman–Crippen LogP) is -0.314. The van der Waals surface area contributed by atoms with Crippen LogP contribution in [0, 0.1) is 0 Å². The molecular weight excluding hydrogens is 330 g/mol. The van der Waals surface area contributed by atoms with Crippen LogP contribution in [-0.4, -0.2) is 45.8 Å². The monoisotopic (exact) mass is 349 g/mol. The van der Waals surface area contributed by atoms with Crippen LogP contribution in [0.2, 0.25) is 0 Å². The first kappa shape index (κ1) is 18.4. The number of aromatic amines is 1. The highest BCUT2D eigenvalue weighted by molar-refractivity contribution is 5.87. The molecule has 0 saturated heterocycles. The number of para-hydroxylation sites is 1. The number of carbonyl (C=O) groups is 2. The lowest BCUT2D eigenvalue weighted by atomic mass is 10.0. The number of carboxylic acids is 1.